The van der Waals surface area contributed by atoms with E-state index in [0.29, 0.717) is 12.5 Å². The molecule has 1 aliphatic rings. The van der Waals surface area contributed by atoms with Gasteiger partial charge in [-0.05, 0) is 55.9 Å². The highest BCUT2D eigenvalue weighted by molar-refractivity contribution is 5.85. The molecule has 0 saturated heterocycles. The van der Waals surface area contributed by atoms with E-state index in [2.05, 4.69) is 5.32 Å². The molecule has 1 fully saturated rings. The Morgan fingerprint density at radius 3 is 2.65 bits per heavy atom. The summed E-state index contributed by atoms with van der Waals surface area (Å²) in [5, 5.41) is 2.94. The van der Waals surface area contributed by atoms with Crippen molar-refractivity contribution in [1.82, 2.24) is 5.32 Å². The van der Waals surface area contributed by atoms with E-state index in [-0.39, 0.29) is 31.0 Å². The van der Waals surface area contributed by atoms with Crippen LogP contribution in [0.4, 0.5) is 0 Å². The molecule has 1 unspecified atom stereocenters. The molecule has 3 N–H and O–H groups in total. The summed E-state index contributed by atoms with van der Waals surface area (Å²) < 4.78 is 5.50. The van der Waals surface area contributed by atoms with E-state index in [1.807, 2.05) is 32.0 Å². The van der Waals surface area contributed by atoms with Crippen LogP contribution in [0, 0.1) is 19.8 Å². The van der Waals surface area contributed by atoms with E-state index in [4.69, 9.17) is 10.5 Å². The minimum Gasteiger partial charge on any atom is -0.484 e. The Kier molecular flexibility index (Phi) is 6.30. The number of carbonyl (C=O) groups is 1. The van der Waals surface area contributed by atoms with Gasteiger partial charge in [-0.1, -0.05) is 6.07 Å². The summed E-state index contributed by atoms with van der Waals surface area (Å²) in [7, 11) is 0. The van der Waals surface area contributed by atoms with Crippen LogP contribution in [-0.4, -0.2) is 25.1 Å². The average molecular weight is 299 g/mol. The van der Waals surface area contributed by atoms with Gasteiger partial charge in [0.15, 0.2) is 6.61 Å². The number of hydrogen-bond acceptors (Lipinski definition) is 3. The third kappa shape index (κ3) is 4.69. The summed E-state index contributed by atoms with van der Waals surface area (Å²) in [6.07, 6.45) is 2.33. The highest BCUT2D eigenvalue weighted by Crippen LogP contribution is 2.32. The molecule has 0 heterocycles. The molecule has 1 saturated carbocycles. The number of rotatable bonds is 6. The van der Waals surface area contributed by atoms with Gasteiger partial charge in [0, 0.05) is 12.6 Å². The van der Waals surface area contributed by atoms with Gasteiger partial charge in [-0.25, -0.2) is 0 Å². The normalized spacial score (nSPS) is 15.2. The van der Waals surface area contributed by atoms with Gasteiger partial charge in [0.1, 0.15) is 5.75 Å². The monoisotopic (exact) mass is 298 g/mol. The van der Waals surface area contributed by atoms with Crippen LogP contribution in [-0.2, 0) is 4.79 Å². The minimum absolute atomic E-state index is 0. The second kappa shape index (κ2) is 7.50. The first-order chi connectivity index (χ1) is 9.10. The number of amides is 1. The fourth-order valence-electron chi connectivity index (χ4n) is 2.07. The van der Waals surface area contributed by atoms with Gasteiger partial charge in [-0.3, -0.25) is 4.79 Å². The number of hydrogen-bond donors (Lipinski definition) is 2. The Labute approximate surface area is 126 Å². The SMILES string of the molecule is Cc1ccc(OCC(=O)NC(CN)C2CC2)cc1C.Cl. The molecule has 2 rings (SSSR count). The fourth-order valence-corrected chi connectivity index (χ4v) is 2.07. The summed E-state index contributed by atoms with van der Waals surface area (Å²) in [5.41, 5.74) is 8.03. The average Bonchev–Trinajstić information content (AvgIpc) is 3.21. The molecule has 112 valence electrons. The van der Waals surface area contributed by atoms with Crippen molar-refractivity contribution in [2.24, 2.45) is 11.7 Å². The lowest BCUT2D eigenvalue weighted by molar-refractivity contribution is -0.123. The molecule has 1 amide bonds. The zero-order valence-electron chi connectivity index (χ0n) is 12.0. The van der Waals surface area contributed by atoms with E-state index >= 15 is 0 Å². The molecule has 4 nitrogen and oxygen atoms in total. The highest BCUT2D eigenvalue weighted by Gasteiger charge is 2.31. The van der Waals surface area contributed by atoms with Crippen molar-refractivity contribution in [2.45, 2.75) is 32.7 Å². The first-order valence-electron chi connectivity index (χ1n) is 6.79. The third-order valence-electron chi connectivity index (χ3n) is 3.64. The lowest BCUT2D eigenvalue weighted by Crippen LogP contribution is -2.43. The van der Waals surface area contributed by atoms with Crippen molar-refractivity contribution >= 4 is 18.3 Å². The molecule has 1 aromatic rings. The van der Waals surface area contributed by atoms with Crippen molar-refractivity contribution in [1.29, 1.82) is 0 Å². The smallest absolute Gasteiger partial charge is 0.258 e. The van der Waals surface area contributed by atoms with Crippen molar-refractivity contribution in [3.63, 3.8) is 0 Å². The van der Waals surface area contributed by atoms with Crippen molar-refractivity contribution in [3.05, 3.63) is 29.3 Å². The maximum Gasteiger partial charge on any atom is 0.258 e. The first kappa shape index (κ1) is 16.8. The van der Waals surface area contributed by atoms with Crippen LogP contribution >= 0.6 is 12.4 Å². The third-order valence-corrected chi connectivity index (χ3v) is 3.64. The van der Waals surface area contributed by atoms with Crippen LogP contribution < -0.4 is 15.8 Å². The predicted octanol–water partition coefficient (Wildman–Crippen LogP) is 1.96. The van der Waals surface area contributed by atoms with Gasteiger partial charge in [-0.15, -0.1) is 12.4 Å². The molecule has 0 aromatic heterocycles. The fraction of sp³-hybridized carbons (Fsp3) is 0.533. The summed E-state index contributed by atoms with van der Waals surface area (Å²) in [6, 6.07) is 5.94. The molecule has 20 heavy (non-hydrogen) atoms. The summed E-state index contributed by atoms with van der Waals surface area (Å²) >= 11 is 0. The van der Waals surface area contributed by atoms with Gasteiger partial charge in [0.05, 0.1) is 0 Å². The topological polar surface area (TPSA) is 64.3 Å². The largest absolute Gasteiger partial charge is 0.484 e. The second-order valence-corrected chi connectivity index (χ2v) is 5.28. The Morgan fingerprint density at radius 1 is 1.40 bits per heavy atom. The number of nitrogens with one attached hydrogen (secondary N) is 1. The maximum absolute atomic E-state index is 11.8. The molecule has 0 radical (unpaired) electrons. The van der Waals surface area contributed by atoms with Gasteiger partial charge in [-0.2, -0.15) is 0 Å². The standard InChI is InChI=1S/C15H22N2O2.ClH/c1-10-3-6-13(7-11(10)2)19-9-15(18)17-14(8-16)12-4-5-12;/h3,6-7,12,14H,4-5,8-9,16H2,1-2H3,(H,17,18);1H. The van der Waals surface area contributed by atoms with E-state index < -0.39 is 0 Å². The zero-order valence-corrected chi connectivity index (χ0v) is 12.8. The van der Waals surface area contributed by atoms with Crippen molar-refractivity contribution in [2.75, 3.05) is 13.2 Å². The van der Waals surface area contributed by atoms with Crippen molar-refractivity contribution in [3.8, 4) is 5.75 Å². The Hall–Kier alpha value is -1.26. The first-order valence-corrected chi connectivity index (χ1v) is 6.79. The molecule has 1 aromatic carbocycles. The van der Waals surface area contributed by atoms with Gasteiger partial charge in [0.2, 0.25) is 0 Å². The number of benzene rings is 1. The van der Waals surface area contributed by atoms with E-state index in [9.17, 15) is 4.79 Å². The van der Waals surface area contributed by atoms with Crippen molar-refractivity contribution < 1.29 is 9.53 Å². The van der Waals surface area contributed by atoms with Crippen LogP contribution in [0.2, 0.25) is 0 Å². The van der Waals surface area contributed by atoms with Gasteiger partial charge >= 0.3 is 0 Å². The van der Waals surface area contributed by atoms with Crippen LogP contribution in [0.3, 0.4) is 0 Å². The van der Waals surface area contributed by atoms with Gasteiger partial charge < -0.3 is 15.8 Å². The minimum atomic E-state index is -0.0967. The number of carbonyl (C=O) groups excluding carboxylic acids is 1. The molecular weight excluding hydrogens is 276 g/mol. The number of halogens is 1. The molecule has 5 heteroatoms. The summed E-state index contributed by atoms with van der Waals surface area (Å²) in [6.45, 7) is 4.62. The predicted molar refractivity (Wildman–Crippen MR) is 82.4 cm³/mol. The summed E-state index contributed by atoms with van der Waals surface area (Å²) in [5.74, 6) is 1.20. The van der Waals surface area contributed by atoms with E-state index in [0.717, 1.165) is 11.3 Å². The molecular formula is C15H23ClN2O2. The number of nitrogens with two attached hydrogens (primary N) is 1. The Bertz CT molecular complexity index is 461. The molecule has 1 aliphatic carbocycles. The second-order valence-electron chi connectivity index (χ2n) is 5.28. The van der Waals surface area contributed by atoms with E-state index in [1.54, 1.807) is 0 Å². The lowest BCUT2D eigenvalue weighted by Gasteiger charge is -2.16. The highest BCUT2D eigenvalue weighted by atomic mass is 35.5. The van der Waals surface area contributed by atoms with Crippen LogP contribution in [0.25, 0.3) is 0 Å². The quantitative estimate of drug-likeness (QED) is 0.844. The molecule has 0 aliphatic heterocycles. The summed E-state index contributed by atoms with van der Waals surface area (Å²) in [4.78, 5) is 11.8. The van der Waals surface area contributed by atoms with Crippen LogP contribution in [0.15, 0.2) is 18.2 Å². The van der Waals surface area contributed by atoms with Crippen LogP contribution in [0.5, 0.6) is 5.75 Å². The molecule has 0 spiro atoms. The van der Waals surface area contributed by atoms with E-state index in [1.165, 1.54) is 18.4 Å². The lowest BCUT2D eigenvalue weighted by atomic mass is 10.1. The van der Waals surface area contributed by atoms with Gasteiger partial charge in [0.25, 0.3) is 5.91 Å². The number of aryl methyl sites for hydroxylation is 2. The van der Waals surface area contributed by atoms with Crippen LogP contribution in [0.1, 0.15) is 24.0 Å². The zero-order chi connectivity index (χ0) is 13.8. The molecule has 0 bridgehead atoms. The Balaban J connectivity index is 0.00000200. The Morgan fingerprint density at radius 2 is 2.10 bits per heavy atom. The molecule has 1 atom stereocenters. The maximum atomic E-state index is 11.8. The number of ether oxygens (including phenoxy) is 1.